The molecule has 31 heteroatoms. The average molecular weight is 1490 g/mol. The second-order valence-electron chi connectivity index (χ2n) is 25.0. The van der Waals surface area contributed by atoms with Crippen LogP contribution in [0.3, 0.4) is 0 Å². The van der Waals surface area contributed by atoms with Gasteiger partial charge in [0.1, 0.15) is 36.2 Å². The number of nitro benzene ring substituents is 2. The van der Waals surface area contributed by atoms with E-state index in [2.05, 4.69) is 29.4 Å². The highest BCUT2D eigenvalue weighted by Gasteiger charge is 2.23. The molecule has 6 amide bonds. The van der Waals surface area contributed by atoms with Gasteiger partial charge in [-0.05, 0) is 132 Å². The molecule has 4 rings (SSSR count). The van der Waals surface area contributed by atoms with Gasteiger partial charge in [0.25, 0.3) is 11.4 Å². The van der Waals surface area contributed by atoms with E-state index in [0.29, 0.717) is 140 Å². The van der Waals surface area contributed by atoms with Crippen molar-refractivity contribution < 1.29 is 90.8 Å². The molecule has 31 nitrogen and oxygen atoms in total. The lowest BCUT2D eigenvalue weighted by molar-refractivity contribution is -0.385. The van der Waals surface area contributed by atoms with Crippen molar-refractivity contribution in [3.05, 3.63) is 127 Å². The monoisotopic (exact) mass is 1490 g/mol. The van der Waals surface area contributed by atoms with Crippen LogP contribution in [0.25, 0.3) is 0 Å². The van der Waals surface area contributed by atoms with Gasteiger partial charge in [-0.1, -0.05) is 65.5 Å². The first kappa shape index (κ1) is 90.7. The second kappa shape index (κ2) is 53.2. The lowest BCUT2D eigenvalue weighted by Crippen LogP contribution is -2.40. The summed E-state index contributed by atoms with van der Waals surface area (Å²) in [6.07, 6.45) is 6.71. The molecular weight excluding hydrogens is 1380 g/mol. The summed E-state index contributed by atoms with van der Waals surface area (Å²) in [5.41, 5.74) is 1.93. The Morgan fingerprint density at radius 3 is 1.29 bits per heavy atom. The van der Waals surface area contributed by atoms with Gasteiger partial charge in [0.2, 0.25) is 23.6 Å². The minimum absolute atomic E-state index is 0.0577. The van der Waals surface area contributed by atoms with E-state index in [1.54, 1.807) is 58.1 Å². The smallest absolute Gasteiger partial charge is 0.429 e. The molecule has 0 spiro atoms. The maximum absolute atomic E-state index is 13.3. The molecule has 0 heterocycles. The van der Waals surface area contributed by atoms with Crippen LogP contribution in [0.5, 0.6) is 23.0 Å². The molecule has 0 radical (unpaired) electrons. The first-order valence-electron chi connectivity index (χ1n) is 36.4. The summed E-state index contributed by atoms with van der Waals surface area (Å²) in [5.74, 6) is 0.551. The molecule has 588 valence electrons. The number of nitrogens with zero attached hydrogens (tertiary/aromatic N) is 8. The highest BCUT2D eigenvalue weighted by molar-refractivity contribution is 5.77. The van der Waals surface area contributed by atoms with Crippen molar-refractivity contribution in [1.29, 1.82) is 0 Å². The van der Waals surface area contributed by atoms with Gasteiger partial charge in [0.05, 0.1) is 36.3 Å². The lowest BCUT2D eigenvalue weighted by atomic mass is 10.1. The molecule has 4 aromatic carbocycles. The zero-order valence-electron chi connectivity index (χ0n) is 63.6. The predicted molar refractivity (Wildman–Crippen MR) is 396 cm³/mol. The van der Waals surface area contributed by atoms with Crippen LogP contribution in [0, 0.1) is 20.2 Å². The average Bonchev–Trinajstić information content (AvgIpc) is 0.838. The number of benzene rings is 4. The molecule has 2 N–H and O–H groups in total. The molecule has 0 aliphatic carbocycles. The van der Waals surface area contributed by atoms with Gasteiger partial charge in [-0.15, -0.1) is 0 Å². The third-order valence-electron chi connectivity index (χ3n) is 16.3. The zero-order valence-corrected chi connectivity index (χ0v) is 63.6. The fourth-order valence-electron chi connectivity index (χ4n) is 10.1. The van der Waals surface area contributed by atoms with Gasteiger partial charge in [-0.3, -0.25) is 39.4 Å². The van der Waals surface area contributed by atoms with Crippen LogP contribution in [-0.2, 0) is 69.2 Å². The molecular formula is C75H112N10O21. The topological polar surface area (TPSA) is 349 Å². The summed E-state index contributed by atoms with van der Waals surface area (Å²) < 4.78 is 49.2. The molecule has 0 saturated carbocycles. The number of hydrogen-bond donors (Lipinski definition) is 2. The Labute approximate surface area is 622 Å². The molecule has 0 fully saturated rings. The number of amides is 6. The first-order chi connectivity index (χ1) is 50.9. The first-order valence-corrected chi connectivity index (χ1v) is 36.4. The van der Waals surface area contributed by atoms with Crippen molar-refractivity contribution in [2.24, 2.45) is 0 Å². The Bertz CT molecular complexity index is 3300. The SMILES string of the molecule is CCCC(=O)NCCCCCCCCN(Cc1cc(COC(=O)Oc2ccc([N+](=O)[O-])cc2)ccc1OC(=O)N(C)CCN(C)C)C(C)=O.CCCC(=O)NCCCOCCOCCOCCCN(Cc1cc(COC(=O)Oc2ccc([N+](=O)[O-])cc2)ccc1OC(=O)N(CC)CCN(CC)CC)C(C)=O. The summed E-state index contributed by atoms with van der Waals surface area (Å²) in [4.78, 5) is 131. The maximum Gasteiger partial charge on any atom is 0.514 e. The highest BCUT2D eigenvalue weighted by Crippen LogP contribution is 2.27. The summed E-state index contributed by atoms with van der Waals surface area (Å²) in [6, 6.07) is 19.9. The molecule has 106 heavy (non-hydrogen) atoms. The summed E-state index contributed by atoms with van der Waals surface area (Å²) in [6.45, 7) is 22.0. The van der Waals surface area contributed by atoms with Crippen molar-refractivity contribution in [2.45, 2.75) is 152 Å². The van der Waals surface area contributed by atoms with Crippen molar-refractivity contribution in [2.75, 3.05) is 133 Å². The molecule has 0 aromatic heterocycles. The van der Waals surface area contributed by atoms with Crippen LogP contribution >= 0.6 is 0 Å². The molecule has 0 unspecified atom stereocenters. The van der Waals surface area contributed by atoms with E-state index >= 15 is 0 Å². The number of nitrogens with one attached hydrogen (secondary N) is 2. The Morgan fingerprint density at radius 2 is 0.858 bits per heavy atom. The third kappa shape index (κ3) is 39.0. The number of unbranched alkanes of at least 4 members (excludes halogenated alkanes) is 5. The van der Waals surface area contributed by atoms with E-state index in [1.807, 2.05) is 39.8 Å². The number of nitro groups is 2. The van der Waals surface area contributed by atoms with Crippen LogP contribution < -0.4 is 29.6 Å². The second-order valence-corrected chi connectivity index (χ2v) is 25.0. The van der Waals surface area contributed by atoms with Gasteiger partial charge in [-0.2, -0.15) is 0 Å². The van der Waals surface area contributed by atoms with E-state index in [1.165, 1.54) is 67.3 Å². The summed E-state index contributed by atoms with van der Waals surface area (Å²) >= 11 is 0. The fourth-order valence-corrected chi connectivity index (χ4v) is 10.1. The number of ether oxygens (including phenoxy) is 9. The summed E-state index contributed by atoms with van der Waals surface area (Å²) in [7, 11) is 5.47. The molecule has 0 atom stereocenters. The van der Waals surface area contributed by atoms with Crippen LogP contribution in [0.1, 0.15) is 148 Å². The van der Waals surface area contributed by atoms with E-state index in [-0.39, 0.29) is 84.3 Å². The van der Waals surface area contributed by atoms with Gasteiger partial charge < -0.3 is 82.7 Å². The van der Waals surface area contributed by atoms with Gasteiger partial charge in [0.15, 0.2) is 0 Å². The number of likely N-dealkylation sites (N-methyl/N-ethyl adjacent to an activating group) is 4. The minimum Gasteiger partial charge on any atom is -0.429 e. The number of carbonyl (C=O) groups is 8. The molecule has 0 aliphatic rings. The third-order valence-corrected chi connectivity index (χ3v) is 16.3. The van der Waals surface area contributed by atoms with Crippen LogP contribution in [0.2, 0.25) is 0 Å². The Morgan fingerprint density at radius 1 is 0.434 bits per heavy atom. The Kier molecular flexibility index (Phi) is 45.5. The van der Waals surface area contributed by atoms with E-state index < -0.39 is 34.3 Å². The quantitative estimate of drug-likeness (QED) is 0.0136. The van der Waals surface area contributed by atoms with Gasteiger partial charge in [-0.25, -0.2) is 19.2 Å². The molecule has 0 bridgehead atoms. The molecule has 0 saturated heterocycles. The number of carbonyl (C=O) groups excluding carboxylic acids is 8. The largest absolute Gasteiger partial charge is 0.514 e. The van der Waals surface area contributed by atoms with Crippen molar-refractivity contribution in [3.63, 3.8) is 0 Å². The van der Waals surface area contributed by atoms with E-state index in [4.69, 9.17) is 42.6 Å². The lowest BCUT2D eigenvalue weighted by Gasteiger charge is -2.26. The number of non-ortho nitro benzene ring substituents is 2. The Hall–Kier alpha value is -9.56. The van der Waals surface area contributed by atoms with Gasteiger partial charge in [0, 0.05) is 154 Å². The standard InChI is InChI=1S/C40H61N5O12.C35H51N5O9/c1-6-12-38(47)41-19-10-23-52-25-27-54-28-26-53-24-11-20-44(32(5)46)30-34-29-33(31-55-40(49)56-36-16-14-35(15-17-36)45(50)51)13-18-37(34)57-39(48)43(9-4)22-21-42(7-2)8-3;1-6-13-33(42)36-20-11-9-7-8-10-12-21-39(27(2)41)25-29-24-28(14-19-32(29)49-34(43)38(5)23-22-37(3)4)26-47-35(44)48-31-17-15-30(16-18-31)40(45)46/h13-18,29H,6-12,19-28,30-31H2,1-5H3,(H,41,47);14-19,24H,6-13,20-23,25-26H2,1-5H3,(H,36,42). The van der Waals surface area contributed by atoms with Gasteiger partial charge >= 0.3 is 24.5 Å². The van der Waals surface area contributed by atoms with E-state index in [9.17, 15) is 58.6 Å². The van der Waals surface area contributed by atoms with Crippen molar-refractivity contribution in [3.8, 4) is 23.0 Å². The Balaban J connectivity index is 0.000000556. The van der Waals surface area contributed by atoms with Crippen LogP contribution in [0.15, 0.2) is 84.9 Å². The fraction of sp³-hybridized carbons (Fsp3) is 0.573. The normalized spacial score (nSPS) is 10.8. The summed E-state index contributed by atoms with van der Waals surface area (Å²) in [5, 5.41) is 27.5. The van der Waals surface area contributed by atoms with Crippen molar-refractivity contribution in [1.82, 2.24) is 40.0 Å². The van der Waals surface area contributed by atoms with E-state index in [0.717, 1.165) is 70.9 Å². The number of hydrogen-bond acceptors (Lipinski definition) is 23. The van der Waals surface area contributed by atoms with Crippen LogP contribution in [-0.4, -0.2) is 220 Å². The molecule has 4 aromatic rings. The highest BCUT2D eigenvalue weighted by atomic mass is 16.7. The predicted octanol–water partition coefficient (Wildman–Crippen LogP) is 11.5. The van der Waals surface area contributed by atoms with Crippen molar-refractivity contribution >= 4 is 59.5 Å². The number of rotatable bonds is 50. The maximum atomic E-state index is 13.3. The molecule has 0 aliphatic heterocycles. The minimum atomic E-state index is -1.02. The zero-order chi connectivity index (χ0) is 78.0. The van der Waals surface area contributed by atoms with Crippen LogP contribution in [0.4, 0.5) is 30.6 Å².